The van der Waals surface area contributed by atoms with Crippen LogP contribution >= 0.6 is 11.3 Å². The van der Waals surface area contributed by atoms with Gasteiger partial charge in [0.05, 0.1) is 6.04 Å². The molecule has 3 heterocycles. The van der Waals surface area contributed by atoms with Crippen LogP contribution in [0.15, 0.2) is 53.0 Å². The average molecular weight is 477 g/mol. The zero-order valence-corrected chi connectivity index (χ0v) is 19.5. The van der Waals surface area contributed by atoms with Crippen LogP contribution in [0, 0.1) is 18.7 Å². The number of aryl methyl sites for hydroxylation is 2. The van der Waals surface area contributed by atoms with Gasteiger partial charge in [0.1, 0.15) is 11.6 Å². The monoisotopic (exact) mass is 476 g/mol. The summed E-state index contributed by atoms with van der Waals surface area (Å²) in [5, 5.41) is 5.05. The Morgan fingerprint density at radius 1 is 1.22 bits per heavy atom. The van der Waals surface area contributed by atoms with Crippen molar-refractivity contribution >= 4 is 27.3 Å². The molecule has 1 atom stereocenters. The van der Waals surface area contributed by atoms with Crippen molar-refractivity contribution in [3.8, 4) is 0 Å². The van der Waals surface area contributed by atoms with Gasteiger partial charge in [0.25, 0.3) is 10.0 Å². The second-order valence-corrected chi connectivity index (χ2v) is 10.8. The number of hydrogen-bond donors (Lipinski definition) is 1. The minimum absolute atomic E-state index is 0.0365. The van der Waals surface area contributed by atoms with Crippen molar-refractivity contribution in [3.05, 3.63) is 70.1 Å². The molecule has 2 aromatic heterocycles. The lowest BCUT2D eigenvalue weighted by atomic mass is 9.96. The lowest BCUT2D eigenvalue weighted by molar-refractivity contribution is -0.126. The molecule has 10 heteroatoms. The first-order chi connectivity index (χ1) is 15.3. The lowest BCUT2D eigenvalue weighted by Gasteiger charge is -2.31. The Kier molecular flexibility index (Phi) is 6.45. The van der Waals surface area contributed by atoms with Crippen LogP contribution in [0.1, 0.15) is 35.1 Å². The third-order valence-corrected chi connectivity index (χ3v) is 8.54. The predicted octanol–water partition coefficient (Wildman–Crippen LogP) is 3.24. The van der Waals surface area contributed by atoms with Crippen LogP contribution in [0.2, 0.25) is 0 Å². The van der Waals surface area contributed by atoms with Gasteiger partial charge >= 0.3 is 0 Å². The number of thiophene rings is 1. The second kappa shape index (κ2) is 9.13. The standard InChI is InChI=1S/C22H25FN4O3S2/c1-15-24-20(14-26(15)2)32(29,30)27-11-9-17(10-12-27)22(28)25-21(19-4-3-13-31-19)16-5-7-18(23)8-6-16/h3-8,13-14,17,21H,9-12H2,1-2H3,(H,25,28). The molecule has 0 bridgehead atoms. The highest BCUT2D eigenvalue weighted by atomic mass is 32.2. The van der Waals surface area contributed by atoms with Crippen molar-refractivity contribution in [2.45, 2.75) is 30.8 Å². The maximum atomic E-state index is 13.4. The first-order valence-corrected chi connectivity index (χ1v) is 12.7. The molecule has 1 saturated heterocycles. The Labute approximate surface area is 191 Å². The van der Waals surface area contributed by atoms with Gasteiger partial charge in [0.2, 0.25) is 5.91 Å². The van der Waals surface area contributed by atoms with E-state index in [0.29, 0.717) is 18.7 Å². The zero-order valence-electron chi connectivity index (χ0n) is 17.9. The number of carbonyl (C=O) groups excluding carboxylic acids is 1. The number of nitrogens with one attached hydrogen (secondary N) is 1. The number of benzene rings is 1. The van der Waals surface area contributed by atoms with Gasteiger partial charge in [-0.3, -0.25) is 4.79 Å². The second-order valence-electron chi connectivity index (χ2n) is 7.92. The van der Waals surface area contributed by atoms with Crippen LogP contribution in [0.4, 0.5) is 4.39 Å². The van der Waals surface area contributed by atoms with E-state index in [1.807, 2.05) is 17.5 Å². The SMILES string of the molecule is Cc1nc(S(=O)(=O)N2CCC(C(=O)NC(c3ccc(F)cc3)c3cccs3)CC2)cn1C. The van der Waals surface area contributed by atoms with Gasteiger partial charge in [-0.25, -0.2) is 17.8 Å². The van der Waals surface area contributed by atoms with Crippen molar-refractivity contribution in [2.24, 2.45) is 13.0 Å². The minimum Gasteiger partial charge on any atom is -0.344 e. The van der Waals surface area contributed by atoms with E-state index in [9.17, 15) is 17.6 Å². The molecule has 1 fully saturated rings. The summed E-state index contributed by atoms with van der Waals surface area (Å²) in [5.74, 6) is -0.131. The topological polar surface area (TPSA) is 84.3 Å². The molecular weight excluding hydrogens is 451 g/mol. The fourth-order valence-corrected chi connectivity index (χ4v) is 6.13. The van der Waals surface area contributed by atoms with Gasteiger partial charge < -0.3 is 9.88 Å². The van der Waals surface area contributed by atoms with E-state index in [1.165, 1.54) is 34.0 Å². The van der Waals surface area contributed by atoms with Gasteiger partial charge in [-0.1, -0.05) is 18.2 Å². The Morgan fingerprint density at radius 2 is 1.91 bits per heavy atom. The van der Waals surface area contributed by atoms with Gasteiger partial charge in [0, 0.05) is 37.1 Å². The van der Waals surface area contributed by atoms with Crippen LogP contribution in [-0.2, 0) is 21.9 Å². The summed E-state index contributed by atoms with van der Waals surface area (Å²) in [6.07, 6.45) is 2.37. The Hall–Kier alpha value is -2.56. The molecule has 1 aliphatic rings. The Bertz CT molecular complexity index is 1160. The number of piperidine rings is 1. The number of aromatic nitrogens is 2. The number of sulfonamides is 1. The number of carbonyl (C=O) groups is 1. The van der Waals surface area contributed by atoms with E-state index in [1.54, 1.807) is 30.7 Å². The Morgan fingerprint density at radius 3 is 2.47 bits per heavy atom. The van der Waals surface area contributed by atoms with Gasteiger partial charge in [-0.2, -0.15) is 4.31 Å². The quantitative estimate of drug-likeness (QED) is 0.592. The van der Waals surface area contributed by atoms with Crippen LogP contribution in [-0.4, -0.2) is 41.3 Å². The molecule has 7 nitrogen and oxygen atoms in total. The van der Waals surface area contributed by atoms with E-state index in [0.717, 1.165) is 10.4 Å². The summed E-state index contributed by atoms with van der Waals surface area (Å²) in [7, 11) is -1.93. The largest absolute Gasteiger partial charge is 0.344 e. The maximum absolute atomic E-state index is 13.4. The number of nitrogens with zero attached hydrogens (tertiary/aromatic N) is 3. The van der Waals surface area contributed by atoms with Crippen molar-refractivity contribution in [3.63, 3.8) is 0 Å². The average Bonchev–Trinajstić information content (AvgIpc) is 3.43. The highest BCUT2D eigenvalue weighted by molar-refractivity contribution is 7.89. The molecule has 0 saturated carbocycles. The smallest absolute Gasteiger partial charge is 0.262 e. The number of rotatable bonds is 6. The third kappa shape index (κ3) is 4.62. The highest BCUT2D eigenvalue weighted by Gasteiger charge is 2.34. The molecule has 1 unspecified atom stereocenters. The number of halogens is 1. The summed E-state index contributed by atoms with van der Waals surface area (Å²) in [6, 6.07) is 9.57. The molecule has 1 N–H and O–H groups in total. The van der Waals surface area contributed by atoms with E-state index in [4.69, 9.17) is 0 Å². The molecule has 1 aromatic carbocycles. The van der Waals surface area contributed by atoms with Gasteiger partial charge in [-0.15, -0.1) is 11.3 Å². The highest BCUT2D eigenvalue weighted by Crippen LogP contribution is 2.29. The summed E-state index contributed by atoms with van der Waals surface area (Å²) >= 11 is 1.52. The van der Waals surface area contributed by atoms with E-state index >= 15 is 0 Å². The third-order valence-electron chi connectivity index (χ3n) is 5.83. The zero-order chi connectivity index (χ0) is 22.9. The molecule has 32 heavy (non-hydrogen) atoms. The molecule has 0 radical (unpaired) electrons. The van der Waals surface area contributed by atoms with Crippen molar-refractivity contribution in [1.29, 1.82) is 0 Å². The molecule has 0 spiro atoms. The van der Waals surface area contributed by atoms with Crippen LogP contribution < -0.4 is 5.32 Å². The fourth-order valence-electron chi connectivity index (χ4n) is 3.83. The van der Waals surface area contributed by atoms with E-state index < -0.39 is 10.0 Å². The molecule has 0 aliphatic carbocycles. The molecule has 1 amide bonds. The minimum atomic E-state index is -3.68. The van der Waals surface area contributed by atoms with Crippen LogP contribution in [0.5, 0.6) is 0 Å². The summed E-state index contributed by atoms with van der Waals surface area (Å²) in [5.41, 5.74) is 0.799. The molecule has 3 aromatic rings. The normalized spacial score (nSPS) is 16.7. The predicted molar refractivity (Wildman–Crippen MR) is 120 cm³/mol. The molecular formula is C22H25FN4O3S2. The number of amides is 1. The maximum Gasteiger partial charge on any atom is 0.262 e. The van der Waals surface area contributed by atoms with Crippen molar-refractivity contribution < 1.29 is 17.6 Å². The molecule has 4 rings (SSSR count). The first kappa shape index (κ1) is 22.6. The van der Waals surface area contributed by atoms with Crippen LogP contribution in [0.3, 0.4) is 0 Å². The summed E-state index contributed by atoms with van der Waals surface area (Å²) in [6.45, 7) is 2.27. The van der Waals surface area contributed by atoms with Crippen molar-refractivity contribution in [1.82, 2.24) is 19.2 Å². The fraction of sp³-hybridized carbons (Fsp3) is 0.364. The van der Waals surface area contributed by atoms with E-state index in [2.05, 4.69) is 10.3 Å². The Balaban J connectivity index is 1.44. The van der Waals surface area contributed by atoms with Crippen LogP contribution in [0.25, 0.3) is 0 Å². The summed E-state index contributed by atoms with van der Waals surface area (Å²) in [4.78, 5) is 18.2. The number of imidazole rings is 1. The molecule has 1 aliphatic heterocycles. The first-order valence-electron chi connectivity index (χ1n) is 10.3. The van der Waals surface area contributed by atoms with Gasteiger partial charge in [0.15, 0.2) is 5.03 Å². The summed E-state index contributed by atoms with van der Waals surface area (Å²) < 4.78 is 42.2. The van der Waals surface area contributed by atoms with Gasteiger partial charge in [-0.05, 0) is 48.9 Å². The lowest BCUT2D eigenvalue weighted by Crippen LogP contribution is -2.43. The van der Waals surface area contributed by atoms with E-state index in [-0.39, 0.29) is 41.8 Å². The molecule has 170 valence electrons. The number of hydrogen-bond acceptors (Lipinski definition) is 5. The van der Waals surface area contributed by atoms with Crippen molar-refractivity contribution in [2.75, 3.05) is 13.1 Å².